The van der Waals surface area contributed by atoms with Crippen LogP contribution in [-0.4, -0.2) is 62.2 Å². The predicted octanol–water partition coefficient (Wildman–Crippen LogP) is 3.85. The van der Waals surface area contributed by atoms with Crippen LogP contribution >= 0.6 is 0 Å². The lowest BCUT2D eigenvalue weighted by atomic mass is 9.92. The highest BCUT2D eigenvalue weighted by atomic mass is 16.5. The first-order valence-electron chi connectivity index (χ1n) is 14.0. The Labute approximate surface area is 246 Å². The number of esters is 2. The molecule has 4 rings (SSSR count). The number of carbonyl (C=O) groups is 3. The zero-order chi connectivity index (χ0) is 30.1. The summed E-state index contributed by atoms with van der Waals surface area (Å²) in [6.45, 7) is 1.95. The second kappa shape index (κ2) is 14.5. The summed E-state index contributed by atoms with van der Waals surface area (Å²) in [4.78, 5) is 41.6. The summed E-state index contributed by atoms with van der Waals surface area (Å²) >= 11 is 0. The molecular weight excluding hydrogens is 536 g/mol. The topological polar surface area (TPSA) is 103 Å². The van der Waals surface area contributed by atoms with Crippen molar-refractivity contribution in [1.82, 2.24) is 10.2 Å². The van der Waals surface area contributed by atoms with Crippen molar-refractivity contribution >= 4 is 17.8 Å². The van der Waals surface area contributed by atoms with E-state index in [1.165, 1.54) is 12.0 Å². The number of amides is 1. The van der Waals surface area contributed by atoms with Crippen molar-refractivity contribution in [1.29, 1.82) is 0 Å². The van der Waals surface area contributed by atoms with E-state index >= 15 is 0 Å². The lowest BCUT2D eigenvalue weighted by molar-refractivity contribution is -0.158. The Morgan fingerprint density at radius 3 is 2.07 bits per heavy atom. The summed E-state index contributed by atoms with van der Waals surface area (Å²) in [7, 11) is 4.43. The van der Waals surface area contributed by atoms with Crippen molar-refractivity contribution in [3.05, 3.63) is 95.1 Å². The number of nitrogens with zero attached hydrogens (tertiary/aromatic N) is 1. The molecule has 0 saturated heterocycles. The minimum Gasteiger partial charge on any atom is -0.493 e. The molecule has 1 aliphatic heterocycles. The average Bonchev–Trinajstić information content (AvgIpc) is 3.04. The largest absolute Gasteiger partial charge is 0.493 e. The van der Waals surface area contributed by atoms with Gasteiger partial charge in [0.25, 0.3) is 0 Å². The maximum absolute atomic E-state index is 13.9. The second-order valence-electron chi connectivity index (χ2n) is 10.2. The van der Waals surface area contributed by atoms with Gasteiger partial charge in [-0.25, -0.2) is 4.79 Å². The Morgan fingerprint density at radius 2 is 1.48 bits per heavy atom. The number of aryl methyl sites for hydroxylation is 1. The van der Waals surface area contributed by atoms with Crippen LogP contribution in [0.2, 0.25) is 0 Å². The van der Waals surface area contributed by atoms with E-state index in [1.54, 1.807) is 21.1 Å². The Morgan fingerprint density at radius 1 is 0.881 bits per heavy atom. The van der Waals surface area contributed by atoms with Crippen molar-refractivity contribution in [2.45, 2.75) is 57.5 Å². The van der Waals surface area contributed by atoms with Crippen LogP contribution in [0.1, 0.15) is 35.6 Å². The molecule has 0 saturated carbocycles. The third kappa shape index (κ3) is 7.47. The van der Waals surface area contributed by atoms with Crippen molar-refractivity contribution < 1.29 is 33.3 Å². The Hall–Kier alpha value is -4.37. The van der Waals surface area contributed by atoms with Crippen LogP contribution in [0.25, 0.3) is 0 Å². The van der Waals surface area contributed by atoms with Crippen LogP contribution in [0.5, 0.6) is 11.5 Å². The van der Waals surface area contributed by atoms with Gasteiger partial charge in [-0.3, -0.25) is 14.9 Å². The van der Waals surface area contributed by atoms with E-state index in [0.717, 1.165) is 22.3 Å². The molecule has 1 aliphatic rings. The van der Waals surface area contributed by atoms with Gasteiger partial charge in [-0.15, -0.1) is 0 Å². The summed E-state index contributed by atoms with van der Waals surface area (Å²) in [5.41, 5.74) is 3.63. The van der Waals surface area contributed by atoms with Crippen LogP contribution in [0, 0.1) is 0 Å². The fourth-order valence-electron chi connectivity index (χ4n) is 5.17. The molecular formula is C33H38N2O7. The highest BCUT2D eigenvalue weighted by Crippen LogP contribution is 2.35. The van der Waals surface area contributed by atoms with E-state index in [0.29, 0.717) is 24.3 Å². The van der Waals surface area contributed by atoms with Gasteiger partial charge in [0.1, 0.15) is 18.7 Å². The van der Waals surface area contributed by atoms with E-state index < -0.39 is 30.1 Å². The van der Waals surface area contributed by atoms with Gasteiger partial charge in [0.05, 0.1) is 27.4 Å². The van der Waals surface area contributed by atoms with Gasteiger partial charge in [-0.2, -0.15) is 0 Å². The molecule has 3 atom stereocenters. The predicted molar refractivity (Wildman–Crippen MR) is 157 cm³/mol. The smallest absolute Gasteiger partial charge is 0.329 e. The molecule has 42 heavy (non-hydrogen) atoms. The van der Waals surface area contributed by atoms with Gasteiger partial charge < -0.3 is 23.8 Å². The zero-order valence-electron chi connectivity index (χ0n) is 24.5. The molecule has 0 aliphatic carbocycles. The fourth-order valence-corrected chi connectivity index (χ4v) is 5.17. The van der Waals surface area contributed by atoms with E-state index in [9.17, 15) is 14.4 Å². The minimum absolute atomic E-state index is 0.0920. The first-order valence-corrected chi connectivity index (χ1v) is 14.0. The zero-order valence-corrected chi connectivity index (χ0v) is 24.5. The molecule has 0 fully saturated rings. The van der Waals surface area contributed by atoms with Crippen LogP contribution in [0.3, 0.4) is 0 Å². The van der Waals surface area contributed by atoms with Crippen LogP contribution < -0.4 is 14.8 Å². The SMILES string of the molecule is COC(=O)[C@@H](CCc1ccccc1)N[C@@H](C)C(=O)N1Cc2cc(OC)c(OC)cc2C[C@H]1C(=O)OCc1ccccc1. The first kappa shape index (κ1) is 30.6. The number of methoxy groups -OCH3 is 3. The lowest BCUT2D eigenvalue weighted by Crippen LogP contribution is -2.56. The molecule has 1 heterocycles. The Bertz CT molecular complexity index is 1360. The van der Waals surface area contributed by atoms with Gasteiger partial charge in [0.2, 0.25) is 5.91 Å². The van der Waals surface area contributed by atoms with Crippen molar-refractivity contribution in [3.8, 4) is 11.5 Å². The fraction of sp³-hybridized carbons (Fsp3) is 0.364. The number of ether oxygens (including phenoxy) is 4. The normalized spacial score (nSPS) is 15.6. The summed E-state index contributed by atoms with van der Waals surface area (Å²) in [6.07, 6.45) is 1.31. The number of nitrogens with one attached hydrogen (secondary N) is 1. The van der Waals surface area contributed by atoms with Crippen LogP contribution in [-0.2, 0) is 49.9 Å². The number of hydrogen-bond acceptors (Lipinski definition) is 8. The van der Waals surface area contributed by atoms with Crippen LogP contribution in [0.4, 0.5) is 0 Å². The molecule has 3 aromatic rings. The molecule has 222 valence electrons. The number of carbonyl (C=O) groups excluding carboxylic acids is 3. The third-order valence-corrected chi connectivity index (χ3v) is 7.49. The number of fused-ring (bicyclic) bond motifs is 1. The van der Waals surface area contributed by atoms with E-state index in [1.807, 2.05) is 72.8 Å². The summed E-state index contributed by atoms with van der Waals surface area (Å²) in [5.74, 6) is -0.210. The molecule has 0 spiro atoms. The Kier molecular flexibility index (Phi) is 10.6. The maximum Gasteiger partial charge on any atom is 0.329 e. The van der Waals surface area contributed by atoms with Crippen molar-refractivity contribution in [2.24, 2.45) is 0 Å². The highest BCUT2D eigenvalue weighted by molar-refractivity contribution is 5.89. The van der Waals surface area contributed by atoms with Gasteiger partial charge in [-0.05, 0) is 54.2 Å². The van der Waals surface area contributed by atoms with Crippen molar-refractivity contribution in [2.75, 3.05) is 21.3 Å². The van der Waals surface area contributed by atoms with Gasteiger partial charge in [0.15, 0.2) is 11.5 Å². The first-order chi connectivity index (χ1) is 20.3. The summed E-state index contributed by atoms with van der Waals surface area (Å²) < 4.78 is 21.7. The van der Waals surface area contributed by atoms with E-state index in [2.05, 4.69) is 5.32 Å². The third-order valence-electron chi connectivity index (χ3n) is 7.49. The van der Waals surface area contributed by atoms with Crippen LogP contribution in [0.15, 0.2) is 72.8 Å². The number of rotatable bonds is 12. The van der Waals surface area contributed by atoms with E-state index in [-0.39, 0.29) is 25.5 Å². The van der Waals surface area contributed by atoms with Gasteiger partial charge >= 0.3 is 11.9 Å². The van der Waals surface area contributed by atoms with Crippen molar-refractivity contribution in [3.63, 3.8) is 0 Å². The molecule has 3 aromatic carbocycles. The Balaban J connectivity index is 1.55. The second-order valence-corrected chi connectivity index (χ2v) is 10.2. The molecule has 1 N–H and O–H groups in total. The molecule has 9 nitrogen and oxygen atoms in total. The summed E-state index contributed by atoms with van der Waals surface area (Å²) in [5, 5.41) is 3.15. The lowest BCUT2D eigenvalue weighted by Gasteiger charge is -2.37. The quantitative estimate of drug-likeness (QED) is 0.326. The van der Waals surface area contributed by atoms with E-state index in [4.69, 9.17) is 18.9 Å². The molecule has 0 radical (unpaired) electrons. The summed E-state index contributed by atoms with van der Waals surface area (Å²) in [6, 6.07) is 20.5. The highest BCUT2D eigenvalue weighted by Gasteiger charge is 2.39. The maximum atomic E-state index is 13.9. The molecule has 0 unspecified atom stereocenters. The number of benzene rings is 3. The minimum atomic E-state index is -0.864. The van der Waals surface area contributed by atoms with Gasteiger partial charge in [-0.1, -0.05) is 60.7 Å². The average molecular weight is 575 g/mol. The van der Waals surface area contributed by atoms with Gasteiger partial charge in [0, 0.05) is 13.0 Å². The number of hydrogen-bond donors (Lipinski definition) is 1. The molecule has 0 aromatic heterocycles. The monoisotopic (exact) mass is 574 g/mol. The molecule has 9 heteroatoms. The molecule has 1 amide bonds. The standard InChI is InChI=1S/C33H38N2O7/c1-22(34-27(32(37)41-4)16-15-23-11-7-5-8-12-23)31(36)35-20-26-19-30(40-3)29(39-2)18-25(26)17-28(35)33(38)42-21-24-13-9-6-10-14-24/h5-14,18-19,22,27-28,34H,15-17,20-21H2,1-4H3/t22-,27+,28-/m0/s1. The molecule has 0 bridgehead atoms.